The highest BCUT2D eigenvalue weighted by Crippen LogP contribution is 2.44. The molecule has 0 radical (unpaired) electrons. The molecule has 4 aromatic rings. The minimum absolute atomic E-state index is 0.111. The highest BCUT2D eigenvalue weighted by atomic mass is 28.3. The summed E-state index contributed by atoms with van der Waals surface area (Å²) >= 11 is 0. The highest BCUT2D eigenvalue weighted by molar-refractivity contribution is 6.90. The smallest absolute Gasteiger partial charge is 0.319 e. The molecule has 5 heterocycles. The van der Waals surface area contributed by atoms with Gasteiger partial charge in [-0.2, -0.15) is 9.97 Å². The minimum Gasteiger partial charge on any atom is -0.508 e. The molecule has 3 fully saturated rings. The Morgan fingerprint density at radius 2 is 1.80 bits per heavy atom. The van der Waals surface area contributed by atoms with Crippen LogP contribution in [0.15, 0.2) is 30.5 Å². The predicted octanol–water partition coefficient (Wildman–Crippen LogP) is 7.60. The number of aliphatic hydroxyl groups excluding tert-OH is 1. The van der Waals surface area contributed by atoms with E-state index in [1.54, 1.807) is 11.0 Å². The lowest BCUT2D eigenvalue weighted by molar-refractivity contribution is 0.106. The van der Waals surface area contributed by atoms with Crippen molar-refractivity contribution in [3.05, 3.63) is 47.7 Å². The van der Waals surface area contributed by atoms with Gasteiger partial charge in [-0.05, 0) is 72.4 Å². The zero-order chi connectivity index (χ0) is 38.7. The van der Waals surface area contributed by atoms with Crippen molar-refractivity contribution in [2.24, 2.45) is 5.73 Å². The molecule has 2 aromatic carbocycles. The first kappa shape index (κ1) is 38.3. The summed E-state index contributed by atoms with van der Waals surface area (Å²) in [7, 11) is -2.30. The first-order chi connectivity index (χ1) is 25.7. The number of aromatic nitrogens is 3. The molecule has 54 heavy (non-hydrogen) atoms. The van der Waals surface area contributed by atoms with Crippen LogP contribution in [0.3, 0.4) is 0 Å². The maximum atomic E-state index is 17.3. The van der Waals surface area contributed by atoms with E-state index in [-0.39, 0.29) is 51.9 Å². The molecule has 13 heteroatoms. The standard InChI is InChI=1S/C41H51F3N6O3Si/c1-23(2)54(24(3)4,25(5)6)16-12-29-32(43)11-10-26-17-28(51)18-30(34(26)29)36-35(44)37-31(20-46-36)39(50-15-7-9-33(52)38(50)45)48-40(47-37)53-22-41-13-8-14-49(41)21-27(42)19-41/h10-11,17-18,20,23-25,27,33,38,51-52H,7-9,13-15,19,21-22,45H2,1-6H3/t27-,33?,38?,41+/m1/s1. The number of hydrogen-bond acceptors (Lipinski definition) is 9. The monoisotopic (exact) mass is 760 g/mol. The molecule has 4 atom stereocenters. The minimum atomic E-state index is -2.30. The van der Waals surface area contributed by atoms with Crippen molar-refractivity contribution in [3.63, 3.8) is 0 Å². The number of nitrogens with two attached hydrogens (primary N) is 1. The molecule has 2 aromatic heterocycles. The highest BCUT2D eigenvalue weighted by Gasteiger charge is 2.49. The summed E-state index contributed by atoms with van der Waals surface area (Å²) in [6.45, 7) is 14.8. The van der Waals surface area contributed by atoms with Crippen LogP contribution < -0.4 is 15.4 Å². The van der Waals surface area contributed by atoms with Crippen LogP contribution in [-0.2, 0) is 0 Å². The third kappa shape index (κ3) is 6.48. The maximum absolute atomic E-state index is 17.3. The fourth-order valence-corrected chi connectivity index (χ4v) is 14.9. The number of nitrogens with zero attached hydrogens (tertiary/aromatic N) is 5. The molecular weight excluding hydrogens is 710 g/mol. The van der Waals surface area contributed by atoms with Gasteiger partial charge in [0, 0.05) is 36.7 Å². The van der Waals surface area contributed by atoms with E-state index in [2.05, 4.69) is 67.9 Å². The SMILES string of the molecule is CC(C)[Si](C#Cc1c(F)ccc2cc(O)cc(-c3ncc4c(N5CCCC(O)C5N)nc(OC[C@@]56CCCN5C[C@H](F)C6)nc4c3F)c12)(C(C)C)C(C)C. The molecule has 0 spiro atoms. The first-order valence-corrected chi connectivity index (χ1v) is 21.5. The van der Waals surface area contributed by atoms with Gasteiger partial charge in [-0.3, -0.25) is 9.88 Å². The zero-order valence-corrected chi connectivity index (χ0v) is 33.0. The van der Waals surface area contributed by atoms with E-state index in [9.17, 15) is 14.6 Å². The molecular formula is C41H51F3N6O3Si. The van der Waals surface area contributed by atoms with Crippen molar-refractivity contribution in [2.45, 2.75) is 114 Å². The Morgan fingerprint density at radius 1 is 1.06 bits per heavy atom. The van der Waals surface area contributed by atoms with E-state index in [0.717, 1.165) is 19.4 Å². The summed E-state index contributed by atoms with van der Waals surface area (Å²) in [6, 6.07) is 5.64. The predicted molar refractivity (Wildman–Crippen MR) is 209 cm³/mol. The quantitative estimate of drug-likeness (QED) is 0.123. The molecule has 3 saturated heterocycles. The summed E-state index contributed by atoms with van der Waals surface area (Å²) < 4.78 is 54.1. The average molecular weight is 761 g/mol. The summed E-state index contributed by atoms with van der Waals surface area (Å²) in [5.41, 5.74) is 10.5. The third-order valence-electron chi connectivity index (χ3n) is 12.4. The number of fused-ring (bicyclic) bond motifs is 3. The van der Waals surface area contributed by atoms with Crippen LogP contribution in [0.2, 0.25) is 16.6 Å². The number of pyridine rings is 1. The van der Waals surface area contributed by atoms with Gasteiger partial charge >= 0.3 is 6.01 Å². The fourth-order valence-electron chi connectivity index (χ4n) is 9.72. The Morgan fingerprint density at radius 3 is 2.52 bits per heavy atom. The topological polar surface area (TPSA) is 121 Å². The van der Waals surface area contributed by atoms with Gasteiger partial charge in [0.1, 0.15) is 55.6 Å². The molecule has 288 valence electrons. The number of ether oxygens (including phenoxy) is 1. The molecule has 4 N–H and O–H groups in total. The number of piperidine rings is 1. The van der Waals surface area contributed by atoms with Crippen LogP contribution in [0.5, 0.6) is 11.8 Å². The molecule has 2 unspecified atom stereocenters. The third-order valence-corrected chi connectivity index (χ3v) is 18.7. The molecule has 7 rings (SSSR count). The summed E-state index contributed by atoms with van der Waals surface area (Å²) in [4.78, 5) is 17.7. The lowest BCUT2D eigenvalue weighted by Crippen LogP contribution is -2.54. The van der Waals surface area contributed by atoms with E-state index in [0.29, 0.717) is 59.7 Å². The van der Waals surface area contributed by atoms with Crippen molar-refractivity contribution in [3.8, 4) is 34.5 Å². The summed E-state index contributed by atoms with van der Waals surface area (Å²) in [5, 5.41) is 22.7. The van der Waals surface area contributed by atoms with Crippen molar-refractivity contribution in [1.82, 2.24) is 19.9 Å². The number of aliphatic hydroxyl groups is 1. The number of aromatic hydroxyl groups is 1. The van der Waals surface area contributed by atoms with E-state index in [1.807, 2.05) is 0 Å². The maximum Gasteiger partial charge on any atom is 0.319 e. The summed E-state index contributed by atoms with van der Waals surface area (Å²) in [5.74, 6) is 1.97. The van der Waals surface area contributed by atoms with Gasteiger partial charge < -0.3 is 25.6 Å². The zero-order valence-electron chi connectivity index (χ0n) is 32.0. The fraction of sp³-hybridized carbons (Fsp3) is 0.537. The van der Waals surface area contributed by atoms with Gasteiger partial charge in [0.2, 0.25) is 0 Å². The molecule has 0 aliphatic carbocycles. The molecule has 0 saturated carbocycles. The first-order valence-electron chi connectivity index (χ1n) is 19.2. The van der Waals surface area contributed by atoms with E-state index in [4.69, 9.17) is 15.5 Å². The molecule has 3 aliphatic rings. The van der Waals surface area contributed by atoms with Crippen LogP contribution >= 0.6 is 0 Å². The molecule has 0 bridgehead atoms. The van der Waals surface area contributed by atoms with Gasteiger partial charge in [-0.25, -0.2) is 13.2 Å². The van der Waals surface area contributed by atoms with Gasteiger partial charge in [-0.1, -0.05) is 53.5 Å². The normalized spacial score (nSPS) is 23.5. The van der Waals surface area contributed by atoms with Crippen molar-refractivity contribution >= 4 is 35.6 Å². The number of phenols is 1. The second-order valence-corrected chi connectivity index (χ2v) is 22.0. The largest absolute Gasteiger partial charge is 0.508 e. The van der Waals surface area contributed by atoms with Gasteiger partial charge in [0.15, 0.2) is 5.82 Å². The Bertz CT molecular complexity index is 2120. The van der Waals surface area contributed by atoms with E-state index in [1.165, 1.54) is 24.4 Å². The van der Waals surface area contributed by atoms with Crippen molar-refractivity contribution < 1.29 is 28.1 Å². The number of benzene rings is 2. The van der Waals surface area contributed by atoms with Gasteiger partial charge in [-0.15, -0.1) is 5.54 Å². The number of alkyl halides is 1. The molecule has 3 aliphatic heterocycles. The summed E-state index contributed by atoms with van der Waals surface area (Å²) in [6.07, 6.45) is 1.97. The van der Waals surface area contributed by atoms with Crippen LogP contribution in [0, 0.1) is 23.1 Å². The Labute approximate surface area is 316 Å². The second kappa shape index (κ2) is 14.6. The number of anilines is 1. The second-order valence-electron chi connectivity index (χ2n) is 16.4. The number of halogens is 3. The van der Waals surface area contributed by atoms with Gasteiger partial charge in [0.05, 0.1) is 22.6 Å². The molecule has 9 nitrogen and oxygen atoms in total. The van der Waals surface area contributed by atoms with Crippen LogP contribution in [0.4, 0.5) is 19.0 Å². The number of hydrogen-bond donors (Lipinski definition) is 3. The van der Waals surface area contributed by atoms with Crippen molar-refractivity contribution in [2.75, 3.05) is 31.1 Å². The van der Waals surface area contributed by atoms with Crippen LogP contribution in [-0.4, -0.2) is 88.4 Å². The van der Waals surface area contributed by atoms with Crippen LogP contribution in [0.1, 0.15) is 79.2 Å². The lowest BCUT2D eigenvalue weighted by atomic mass is 9.95. The number of phenolic OH excluding ortho intramolecular Hbond substituents is 1. The lowest BCUT2D eigenvalue weighted by Gasteiger charge is -2.38. The van der Waals surface area contributed by atoms with Crippen LogP contribution in [0.25, 0.3) is 32.9 Å². The van der Waals surface area contributed by atoms with E-state index >= 15 is 8.78 Å². The number of rotatable bonds is 8. The molecule has 0 amide bonds. The van der Waals surface area contributed by atoms with Gasteiger partial charge in [0.25, 0.3) is 0 Å². The Balaban J connectivity index is 1.41. The van der Waals surface area contributed by atoms with Crippen molar-refractivity contribution in [1.29, 1.82) is 0 Å². The Kier molecular flexibility index (Phi) is 10.4. The average Bonchev–Trinajstić information content (AvgIpc) is 3.64. The Hall–Kier alpha value is -3.96. The van der Waals surface area contributed by atoms with E-state index < -0.39 is 43.7 Å².